The lowest BCUT2D eigenvalue weighted by molar-refractivity contribution is 0.112. The standard InChI is InChI=1S/C13H17BrN2O2/c1-9-4-5-10(14)7-12(9)16-13(17)15-8-11-3-2-6-18-11/h4-5,7,11H,2-3,6,8H2,1H3,(H2,15,16,17). The molecule has 1 aromatic carbocycles. The first kappa shape index (κ1) is 13.4. The SMILES string of the molecule is Cc1ccc(Br)cc1NC(=O)NCC1CCCO1. The molecule has 0 saturated carbocycles. The van der Waals surface area contributed by atoms with Gasteiger partial charge < -0.3 is 15.4 Å². The normalized spacial score (nSPS) is 18.7. The molecule has 4 nitrogen and oxygen atoms in total. The van der Waals surface area contributed by atoms with E-state index >= 15 is 0 Å². The number of hydrogen-bond donors (Lipinski definition) is 2. The van der Waals surface area contributed by atoms with Crippen LogP contribution < -0.4 is 10.6 Å². The molecule has 0 aromatic heterocycles. The van der Waals surface area contributed by atoms with E-state index in [2.05, 4.69) is 26.6 Å². The summed E-state index contributed by atoms with van der Waals surface area (Å²) in [5, 5.41) is 5.67. The number of carbonyl (C=O) groups is 1. The van der Waals surface area contributed by atoms with E-state index in [1.54, 1.807) is 0 Å². The first-order valence-electron chi connectivity index (χ1n) is 6.08. The fourth-order valence-corrected chi connectivity index (χ4v) is 2.27. The lowest BCUT2D eigenvalue weighted by Crippen LogP contribution is -2.35. The quantitative estimate of drug-likeness (QED) is 0.901. The maximum Gasteiger partial charge on any atom is 0.319 e. The molecule has 1 aliphatic heterocycles. The minimum atomic E-state index is -0.188. The van der Waals surface area contributed by atoms with Gasteiger partial charge in [-0.25, -0.2) is 4.79 Å². The number of hydrogen-bond acceptors (Lipinski definition) is 2. The summed E-state index contributed by atoms with van der Waals surface area (Å²) in [6.45, 7) is 3.33. The Morgan fingerprint density at radius 2 is 2.39 bits per heavy atom. The topological polar surface area (TPSA) is 50.4 Å². The van der Waals surface area contributed by atoms with Crippen molar-refractivity contribution in [1.82, 2.24) is 5.32 Å². The zero-order valence-corrected chi connectivity index (χ0v) is 11.9. The molecule has 0 spiro atoms. The molecule has 0 bridgehead atoms. The summed E-state index contributed by atoms with van der Waals surface area (Å²) < 4.78 is 6.39. The van der Waals surface area contributed by atoms with Gasteiger partial charge in [-0.05, 0) is 37.5 Å². The molecule has 5 heteroatoms. The Labute approximate surface area is 115 Å². The average Bonchev–Trinajstić information content (AvgIpc) is 2.84. The minimum absolute atomic E-state index is 0.166. The second kappa shape index (κ2) is 6.20. The van der Waals surface area contributed by atoms with Crippen LogP contribution in [0, 0.1) is 6.92 Å². The van der Waals surface area contributed by atoms with E-state index in [1.807, 2.05) is 25.1 Å². The lowest BCUT2D eigenvalue weighted by atomic mass is 10.2. The molecule has 0 aliphatic carbocycles. The summed E-state index contributed by atoms with van der Waals surface area (Å²) in [6, 6.07) is 5.61. The third-order valence-corrected chi connectivity index (χ3v) is 3.46. The highest BCUT2D eigenvalue weighted by molar-refractivity contribution is 9.10. The van der Waals surface area contributed by atoms with Crippen LogP contribution in [0.15, 0.2) is 22.7 Å². The Balaban J connectivity index is 1.84. The number of carbonyl (C=O) groups excluding carboxylic acids is 1. The van der Waals surface area contributed by atoms with Gasteiger partial charge in [0.2, 0.25) is 0 Å². The van der Waals surface area contributed by atoms with Crippen molar-refractivity contribution in [2.24, 2.45) is 0 Å². The molecular weight excluding hydrogens is 296 g/mol. The van der Waals surface area contributed by atoms with E-state index in [0.29, 0.717) is 6.54 Å². The van der Waals surface area contributed by atoms with Gasteiger partial charge in [0.15, 0.2) is 0 Å². The van der Waals surface area contributed by atoms with Crippen LogP contribution in [0.5, 0.6) is 0 Å². The van der Waals surface area contributed by atoms with Gasteiger partial charge in [-0.15, -0.1) is 0 Å². The van der Waals surface area contributed by atoms with Crippen LogP contribution >= 0.6 is 15.9 Å². The van der Waals surface area contributed by atoms with E-state index in [0.717, 1.165) is 35.2 Å². The van der Waals surface area contributed by atoms with Crippen LogP contribution in [0.2, 0.25) is 0 Å². The molecule has 1 unspecified atom stereocenters. The third-order valence-electron chi connectivity index (χ3n) is 2.96. The molecule has 2 N–H and O–H groups in total. The predicted octanol–water partition coefficient (Wildman–Crippen LogP) is 3.06. The number of urea groups is 1. The van der Waals surface area contributed by atoms with Crippen molar-refractivity contribution < 1.29 is 9.53 Å². The highest BCUT2D eigenvalue weighted by Gasteiger charge is 2.16. The van der Waals surface area contributed by atoms with Crippen molar-refractivity contribution in [1.29, 1.82) is 0 Å². The Bertz CT molecular complexity index is 431. The number of nitrogens with one attached hydrogen (secondary N) is 2. The van der Waals surface area contributed by atoms with Gasteiger partial charge in [-0.2, -0.15) is 0 Å². The summed E-state index contributed by atoms with van der Waals surface area (Å²) in [7, 11) is 0. The molecule has 2 rings (SSSR count). The number of benzene rings is 1. The summed E-state index contributed by atoms with van der Waals surface area (Å²) in [5.74, 6) is 0. The third kappa shape index (κ3) is 3.71. The maximum absolute atomic E-state index is 11.7. The van der Waals surface area contributed by atoms with E-state index < -0.39 is 0 Å². The Kier molecular flexibility index (Phi) is 4.60. The number of anilines is 1. The molecule has 98 valence electrons. The molecule has 1 aliphatic rings. The van der Waals surface area contributed by atoms with Crippen molar-refractivity contribution in [2.45, 2.75) is 25.9 Å². The van der Waals surface area contributed by atoms with E-state index in [1.165, 1.54) is 0 Å². The summed E-state index contributed by atoms with van der Waals surface area (Å²) >= 11 is 3.39. The van der Waals surface area contributed by atoms with Gasteiger partial charge in [-0.1, -0.05) is 22.0 Å². The molecule has 1 saturated heterocycles. The van der Waals surface area contributed by atoms with Gasteiger partial charge in [0.05, 0.1) is 6.10 Å². The first-order valence-corrected chi connectivity index (χ1v) is 6.87. The highest BCUT2D eigenvalue weighted by Crippen LogP contribution is 2.20. The number of amides is 2. The molecule has 2 amide bonds. The second-order valence-corrected chi connectivity index (χ2v) is 5.34. The molecular formula is C13H17BrN2O2. The Hall–Kier alpha value is -1.07. The molecule has 18 heavy (non-hydrogen) atoms. The average molecular weight is 313 g/mol. The zero-order valence-electron chi connectivity index (χ0n) is 10.3. The minimum Gasteiger partial charge on any atom is -0.376 e. The molecule has 1 heterocycles. The summed E-state index contributed by atoms with van der Waals surface area (Å²) in [5.41, 5.74) is 1.85. The number of halogens is 1. The van der Waals surface area contributed by atoms with Gasteiger partial charge in [0.25, 0.3) is 0 Å². The smallest absolute Gasteiger partial charge is 0.319 e. The van der Waals surface area contributed by atoms with Crippen molar-refractivity contribution in [2.75, 3.05) is 18.5 Å². The van der Waals surface area contributed by atoms with Crippen molar-refractivity contribution in [3.63, 3.8) is 0 Å². The second-order valence-electron chi connectivity index (χ2n) is 4.43. The monoisotopic (exact) mass is 312 g/mol. The summed E-state index contributed by atoms with van der Waals surface area (Å²) in [4.78, 5) is 11.7. The highest BCUT2D eigenvalue weighted by atomic mass is 79.9. The largest absolute Gasteiger partial charge is 0.376 e. The van der Waals surface area contributed by atoms with Gasteiger partial charge in [-0.3, -0.25) is 0 Å². The van der Waals surface area contributed by atoms with Crippen LogP contribution in [0.25, 0.3) is 0 Å². The van der Waals surface area contributed by atoms with Crippen LogP contribution in [0.4, 0.5) is 10.5 Å². The van der Waals surface area contributed by atoms with Gasteiger partial charge >= 0.3 is 6.03 Å². The Morgan fingerprint density at radius 1 is 1.56 bits per heavy atom. The molecule has 1 aromatic rings. The van der Waals surface area contributed by atoms with Crippen LogP contribution in [0.1, 0.15) is 18.4 Å². The number of rotatable bonds is 3. The predicted molar refractivity (Wildman–Crippen MR) is 74.9 cm³/mol. The van der Waals surface area contributed by atoms with E-state index in [-0.39, 0.29) is 12.1 Å². The van der Waals surface area contributed by atoms with E-state index in [4.69, 9.17) is 4.74 Å². The van der Waals surface area contributed by atoms with Crippen molar-refractivity contribution >= 4 is 27.6 Å². The zero-order chi connectivity index (χ0) is 13.0. The molecule has 1 atom stereocenters. The Morgan fingerprint density at radius 3 is 3.11 bits per heavy atom. The summed E-state index contributed by atoms with van der Waals surface area (Å²) in [6.07, 6.45) is 2.27. The van der Waals surface area contributed by atoms with Gasteiger partial charge in [0.1, 0.15) is 0 Å². The van der Waals surface area contributed by atoms with Gasteiger partial charge in [0, 0.05) is 23.3 Å². The van der Waals surface area contributed by atoms with Crippen LogP contribution in [0.3, 0.4) is 0 Å². The lowest BCUT2D eigenvalue weighted by Gasteiger charge is -2.13. The van der Waals surface area contributed by atoms with E-state index in [9.17, 15) is 4.79 Å². The van der Waals surface area contributed by atoms with Crippen molar-refractivity contribution in [3.05, 3.63) is 28.2 Å². The van der Waals surface area contributed by atoms with Crippen molar-refractivity contribution in [3.8, 4) is 0 Å². The maximum atomic E-state index is 11.7. The number of ether oxygens (including phenoxy) is 1. The molecule has 1 fully saturated rings. The fourth-order valence-electron chi connectivity index (χ4n) is 1.91. The van der Waals surface area contributed by atoms with Crippen LogP contribution in [-0.4, -0.2) is 25.3 Å². The number of aryl methyl sites for hydroxylation is 1. The fraction of sp³-hybridized carbons (Fsp3) is 0.462. The van der Waals surface area contributed by atoms with Crippen LogP contribution in [-0.2, 0) is 4.74 Å². The first-order chi connectivity index (χ1) is 8.65. The molecule has 0 radical (unpaired) electrons.